The molecule has 0 aromatic carbocycles. The molecule has 1 rings (SSSR count). The second-order valence-corrected chi connectivity index (χ2v) is 5.30. The van der Waals surface area contributed by atoms with E-state index >= 15 is 0 Å². The first-order chi connectivity index (χ1) is 8.27. The minimum atomic E-state index is 0.660. The minimum Gasteiger partial charge on any atom is -0.381 e. The Morgan fingerprint density at radius 3 is 2.82 bits per heavy atom. The van der Waals surface area contributed by atoms with E-state index in [0.717, 1.165) is 19.8 Å². The van der Waals surface area contributed by atoms with E-state index < -0.39 is 0 Å². The van der Waals surface area contributed by atoms with Gasteiger partial charge in [0.15, 0.2) is 0 Å². The summed E-state index contributed by atoms with van der Waals surface area (Å²) in [6.07, 6.45) is 4.97. The second-order valence-electron chi connectivity index (χ2n) is 5.30. The number of hydrogen-bond acceptors (Lipinski definition) is 3. The van der Waals surface area contributed by atoms with Crippen LogP contribution in [0.5, 0.6) is 0 Å². The normalized spacial score (nSPS) is 25.4. The molecule has 17 heavy (non-hydrogen) atoms. The number of rotatable bonds is 8. The van der Waals surface area contributed by atoms with E-state index in [1.54, 1.807) is 0 Å². The van der Waals surface area contributed by atoms with Gasteiger partial charge in [-0.25, -0.2) is 0 Å². The smallest absolute Gasteiger partial charge is 0.0521 e. The second kappa shape index (κ2) is 8.90. The van der Waals surface area contributed by atoms with Crippen LogP contribution in [0.1, 0.15) is 39.5 Å². The van der Waals surface area contributed by atoms with Crippen molar-refractivity contribution in [1.29, 1.82) is 0 Å². The Hall–Kier alpha value is -0.120. The van der Waals surface area contributed by atoms with Crippen LogP contribution in [-0.4, -0.2) is 50.8 Å². The molecule has 0 spiro atoms. The van der Waals surface area contributed by atoms with Crippen LogP contribution in [0.3, 0.4) is 0 Å². The Balaban J connectivity index is 2.30. The Morgan fingerprint density at radius 1 is 1.29 bits per heavy atom. The molecule has 1 fully saturated rings. The predicted octanol–water partition coefficient (Wildman–Crippen LogP) is 2.12. The van der Waals surface area contributed by atoms with E-state index in [1.165, 1.54) is 38.8 Å². The van der Waals surface area contributed by atoms with E-state index in [-0.39, 0.29) is 0 Å². The van der Waals surface area contributed by atoms with Gasteiger partial charge < -0.3 is 15.0 Å². The molecule has 1 aliphatic heterocycles. The zero-order valence-electron chi connectivity index (χ0n) is 11.9. The van der Waals surface area contributed by atoms with Crippen LogP contribution in [0, 0.1) is 5.92 Å². The van der Waals surface area contributed by atoms with Gasteiger partial charge in [0, 0.05) is 25.1 Å². The zero-order chi connectivity index (χ0) is 12.5. The lowest BCUT2D eigenvalue weighted by molar-refractivity contribution is 0.0197. The minimum absolute atomic E-state index is 0.660. The molecule has 2 unspecified atom stereocenters. The molecule has 1 heterocycles. The van der Waals surface area contributed by atoms with Gasteiger partial charge in [0.25, 0.3) is 0 Å². The number of unbranched alkanes of at least 4 members (excludes halogenated alkanes) is 1. The average Bonchev–Trinajstić information content (AvgIpc) is 2.35. The molecule has 1 aliphatic rings. The summed E-state index contributed by atoms with van der Waals surface area (Å²) in [5.74, 6) is 0.664. The van der Waals surface area contributed by atoms with Crippen LogP contribution in [0.15, 0.2) is 0 Å². The molecule has 0 amide bonds. The van der Waals surface area contributed by atoms with Gasteiger partial charge in [-0.2, -0.15) is 0 Å². The molecule has 0 saturated carbocycles. The van der Waals surface area contributed by atoms with Crippen molar-refractivity contribution in [3.8, 4) is 0 Å². The molecule has 0 radical (unpaired) electrons. The zero-order valence-corrected chi connectivity index (χ0v) is 11.9. The Bertz CT molecular complexity index is 187. The first-order valence-electron chi connectivity index (χ1n) is 7.27. The molecule has 0 aliphatic carbocycles. The highest BCUT2D eigenvalue weighted by molar-refractivity contribution is 4.81. The third-order valence-corrected chi connectivity index (χ3v) is 3.57. The van der Waals surface area contributed by atoms with Crippen molar-refractivity contribution in [2.24, 2.45) is 5.92 Å². The summed E-state index contributed by atoms with van der Waals surface area (Å²) in [5, 5.41) is 3.68. The molecule has 0 aromatic rings. The standard InChI is InChI=1S/C14H30N2O/c1-4-6-9-16(3)11-13-12-17-10-7-14(13)15-8-5-2/h13-15H,4-12H2,1-3H3. The fourth-order valence-corrected chi connectivity index (χ4v) is 2.49. The molecule has 102 valence electrons. The van der Waals surface area contributed by atoms with Gasteiger partial charge in [-0.05, 0) is 39.4 Å². The molecule has 1 N–H and O–H groups in total. The van der Waals surface area contributed by atoms with Gasteiger partial charge in [0.1, 0.15) is 0 Å². The Labute approximate surface area is 107 Å². The maximum absolute atomic E-state index is 5.63. The number of ether oxygens (including phenoxy) is 1. The summed E-state index contributed by atoms with van der Waals surface area (Å²) in [4.78, 5) is 2.46. The third-order valence-electron chi connectivity index (χ3n) is 3.57. The lowest BCUT2D eigenvalue weighted by Gasteiger charge is -2.35. The van der Waals surface area contributed by atoms with Crippen molar-refractivity contribution in [3.05, 3.63) is 0 Å². The summed E-state index contributed by atoms with van der Waals surface area (Å²) in [7, 11) is 2.24. The van der Waals surface area contributed by atoms with Gasteiger partial charge in [0.05, 0.1) is 6.61 Å². The molecule has 2 atom stereocenters. The first-order valence-corrected chi connectivity index (χ1v) is 7.27. The SMILES string of the molecule is CCCCN(C)CC1COCCC1NCCC. The van der Waals surface area contributed by atoms with Gasteiger partial charge in [-0.15, -0.1) is 0 Å². The monoisotopic (exact) mass is 242 g/mol. The summed E-state index contributed by atoms with van der Waals surface area (Å²) in [6, 6.07) is 0.660. The Morgan fingerprint density at radius 2 is 2.12 bits per heavy atom. The van der Waals surface area contributed by atoms with Crippen molar-refractivity contribution in [1.82, 2.24) is 10.2 Å². The van der Waals surface area contributed by atoms with Gasteiger partial charge in [-0.1, -0.05) is 20.3 Å². The highest BCUT2D eigenvalue weighted by Gasteiger charge is 2.25. The van der Waals surface area contributed by atoms with E-state index in [2.05, 4.69) is 31.1 Å². The molecule has 1 saturated heterocycles. The highest BCUT2D eigenvalue weighted by atomic mass is 16.5. The lowest BCUT2D eigenvalue weighted by Crippen LogP contribution is -2.47. The fraction of sp³-hybridized carbons (Fsp3) is 1.00. The highest BCUT2D eigenvalue weighted by Crippen LogP contribution is 2.16. The predicted molar refractivity (Wildman–Crippen MR) is 73.4 cm³/mol. The lowest BCUT2D eigenvalue weighted by atomic mass is 9.95. The summed E-state index contributed by atoms with van der Waals surface area (Å²) in [5.41, 5.74) is 0. The van der Waals surface area contributed by atoms with Crippen LogP contribution in [0.4, 0.5) is 0 Å². The fourth-order valence-electron chi connectivity index (χ4n) is 2.49. The quantitative estimate of drug-likeness (QED) is 0.705. The van der Waals surface area contributed by atoms with Gasteiger partial charge in [0.2, 0.25) is 0 Å². The molecule has 0 bridgehead atoms. The van der Waals surface area contributed by atoms with Crippen molar-refractivity contribution in [3.63, 3.8) is 0 Å². The summed E-state index contributed by atoms with van der Waals surface area (Å²) >= 11 is 0. The largest absolute Gasteiger partial charge is 0.381 e. The van der Waals surface area contributed by atoms with E-state index in [4.69, 9.17) is 4.74 Å². The van der Waals surface area contributed by atoms with Crippen molar-refractivity contribution in [2.45, 2.75) is 45.6 Å². The first kappa shape index (κ1) is 14.9. The number of nitrogens with zero attached hydrogens (tertiary/aromatic N) is 1. The molecule has 0 aromatic heterocycles. The maximum atomic E-state index is 5.63. The maximum Gasteiger partial charge on any atom is 0.0521 e. The van der Waals surface area contributed by atoms with Crippen LogP contribution in [0.25, 0.3) is 0 Å². The number of nitrogens with one attached hydrogen (secondary N) is 1. The van der Waals surface area contributed by atoms with Crippen molar-refractivity contribution >= 4 is 0 Å². The third kappa shape index (κ3) is 5.84. The van der Waals surface area contributed by atoms with E-state index in [0.29, 0.717) is 12.0 Å². The number of hydrogen-bond donors (Lipinski definition) is 1. The van der Waals surface area contributed by atoms with Crippen molar-refractivity contribution in [2.75, 3.05) is 39.9 Å². The average molecular weight is 242 g/mol. The molecular formula is C14H30N2O. The Kier molecular flexibility index (Phi) is 7.82. The van der Waals surface area contributed by atoms with Crippen LogP contribution >= 0.6 is 0 Å². The molecule has 3 nitrogen and oxygen atoms in total. The summed E-state index contributed by atoms with van der Waals surface area (Å²) < 4.78 is 5.63. The van der Waals surface area contributed by atoms with Gasteiger partial charge in [-0.3, -0.25) is 0 Å². The van der Waals surface area contributed by atoms with Crippen LogP contribution in [-0.2, 0) is 4.74 Å². The molecular weight excluding hydrogens is 212 g/mol. The van der Waals surface area contributed by atoms with Crippen LogP contribution < -0.4 is 5.32 Å². The van der Waals surface area contributed by atoms with Crippen molar-refractivity contribution < 1.29 is 4.74 Å². The topological polar surface area (TPSA) is 24.5 Å². The van der Waals surface area contributed by atoms with Crippen LogP contribution in [0.2, 0.25) is 0 Å². The van der Waals surface area contributed by atoms with Gasteiger partial charge >= 0.3 is 0 Å². The molecule has 3 heteroatoms. The van der Waals surface area contributed by atoms with E-state index in [9.17, 15) is 0 Å². The van der Waals surface area contributed by atoms with E-state index in [1.807, 2.05) is 0 Å². The summed E-state index contributed by atoms with van der Waals surface area (Å²) in [6.45, 7) is 9.86.